The van der Waals surface area contributed by atoms with Crippen molar-refractivity contribution in [3.05, 3.63) is 24.0 Å². The first-order chi connectivity index (χ1) is 8.72. The predicted octanol–water partition coefficient (Wildman–Crippen LogP) is 2.25. The molecule has 0 aliphatic carbocycles. The Labute approximate surface area is 105 Å². The average Bonchev–Trinajstić information content (AvgIpc) is 2.73. The Balaban J connectivity index is 1.81. The number of H-pyrrole nitrogens is 1. The lowest BCUT2D eigenvalue weighted by Crippen LogP contribution is -2.46. The largest absolute Gasteiger partial charge is 0.352 e. The Morgan fingerprint density at radius 1 is 1.44 bits per heavy atom. The molecule has 2 heterocycles. The fraction of sp³-hybridized carbons (Fsp3) is 0.462. The quantitative estimate of drug-likeness (QED) is 0.764. The van der Waals surface area contributed by atoms with Crippen molar-refractivity contribution in [2.75, 3.05) is 11.9 Å². The summed E-state index contributed by atoms with van der Waals surface area (Å²) in [5.74, 6) is 0.474. The zero-order valence-electron chi connectivity index (χ0n) is 10.3. The van der Waals surface area contributed by atoms with Gasteiger partial charge in [0.15, 0.2) is 0 Å². The monoisotopic (exact) mass is 248 g/mol. The Kier molecular flexibility index (Phi) is 2.91. The molecule has 3 N–H and O–H groups in total. The molecule has 1 aromatic carbocycles. The standard InChI is InChI=1S/C13H17FN4/c1-8-10(3-2-6-15-8)16-13-17-11-5-4-9(14)7-12(11)18-13/h4-5,7-8,10,15H,2-3,6H2,1H3,(H2,16,17,18). The molecule has 0 spiro atoms. The number of imidazole rings is 1. The smallest absolute Gasteiger partial charge is 0.201 e. The van der Waals surface area contributed by atoms with E-state index < -0.39 is 0 Å². The fourth-order valence-corrected chi connectivity index (χ4v) is 2.47. The van der Waals surface area contributed by atoms with Crippen LogP contribution in [0.4, 0.5) is 10.3 Å². The molecular formula is C13H17FN4. The lowest BCUT2D eigenvalue weighted by molar-refractivity contribution is 0.388. The molecule has 1 aliphatic rings. The van der Waals surface area contributed by atoms with E-state index in [2.05, 4.69) is 27.5 Å². The number of nitrogens with zero attached hydrogens (tertiary/aromatic N) is 1. The number of rotatable bonds is 2. The molecule has 0 bridgehead atoms. The van der Waals surface area contributed by atoms with Gasteiger partial charge >= 0.3 is 0 Å². The van der Waals surface area contributed by atoms with Crippen LogP contribution in [0.5, 0.6) is 0 Å². The van der Waals surface area contributed by atoms with E-state index in [0.29, 0.717) is 12.1 Å². The topological polar surface area (TPSA) is 52.7 Å². The highest BCUT2D eigenvalue weighted by atomic mass is 19.1. The van der Waals surface area contributed by atoms with E-state index >= 15 is 0 Å². The second-order valence-electron chi connectivity index (χ2n) is 4.88. The maximum absolute atomic E-state index is 13.1. The normalized spacial score (nSPS) is 24.3. The first-order valence-electron chi connectivity index (χ1n) is 6.37. The molecule has 5 heteroatoms. The molecule has 0 radical (unpaired) electrons. The van der Waals surface area contributed by atoms with Crippen molar-refractivity contribution in [3.63, 3.8) is 0 Å². The molecule has 0 amide bonds. The van der Waals surface area contributed by atoms with Gasteiger partial charge in [-0.15, -0.1) is 0 Å². The summed E-state index contributed by atoms with van der Waals surface area (Å²) >= 11 is 0. The number of piperidine rings is 1. The van der Waals surface area contributed by atoms with Gasteiger partial charge in [-0.05, 0) is 44.5 Å². The predicted molar refractivity (Wildman–Crippen MR) is 70.2 cm³/mol. The van der Waals surface area contributed by atoms with Gasteiger partial charge in [0, 0.05) is 12.1 Å². The van der Waals surface area contributed by atoms with Crippen molar-refractivity contribution in [2.24, 2.45) is 0 Å². The molecule has 2 aromatic rings. The Bertz CT molecular complexity index is 551. The molecule has 1 saturated heterocycles. The van der Waals surface area contributed by atoms with Gasteiger partial charge in [0.25, 0.3) is 0 Å². The van der Waals surface area contributed by atoms with Crippen molar-refractivity contribution < 1.29 is 4.39 Å². The van der Waals surface area contributed by atoms with E-state index in [-0.39, 0.29) is 5.82 Å². The fourth-order valence-electron chi connectivity index (χ4n) is 2.47. The molecule has 2 atom stereocenters. The number of aromatic amines is 1. The van der Waals surface area contributed by atoms with Crippen LogP contribution in [0, 0.1) is 5.82 Å². The minimum absolute atomic E-state index is 0.245. The van der Waals surface area contributed by atoms with E-state index in [1.165, 1.54) is 12.1 Å². The van der Waals surface area contributed by atoms with Gasteiger partial charge in [0.2, 0.25) is 5.95 Å². The summed E-state index contributed by atoms with van der Waals surface area (Å²) in [6.07, 6.45) is 2.29. The van der Waals surface area contributed by atoms with Gasteiger partial charge in [-0.1, -0.05) is 0 Å². The third-order valence-corrected chi connectivity index (χ3v) is 3.53. The summed E-state index contributed by atoms with van der Waals surface area (Å²) in [6.45, 7) is 3.24. The van der Waals surface area contributed by atoms with E-state index in [4.69, 9.17) is 0 Å². The summed E-state index contributed by atoms with van der Waals surface area (Å²) in [4.78, 5) is 7.54. The van der Waals surface area contributed by atoms with Crippen LogP contribution >= 0.6 is 0 Å². The van der Waals surface area contributed by atoms with Gasteiger partial charge in [0.05, 0.1) is 11.0 Å². The maximum Gasteiger partial charge on any atom is 0.201 e. The molecule has 18 heavy (non-hydrogen) atoms. The number of hydrogen-bond acceptors (Lipinski definition) is 3. The van der Waals surface area contributed by atoms with E-state index in [1.807, 2.05) is 0 Å². The number of nitrogens with one attached hydrogen (secondary N) is 3. The van der Waals surface area contributed by atoms with Crippen LogP contribution in [0.25, 0.3) is 11.0 Å². The minimum atomic E-state index is -0.245. The SMILES string of the molecule is CC1NCCCC1Nc1nc2ccc(F)cc2[nH]1. The van der Waals surface area contributed by atoms with Crippen molar-refractivity contribution in [1.82, 2.24) is 15.3 Å². The second-order valence-corrected chi connectivity index (χ2v) is 4.88. The van der Waals surface area contributed by atoms with E-state index in [9.17, 15) is 4.39 Å². The van der Waals surface area contributed by atoms with Crippen LogP contribution in [0.15, 0.2) is 18.2 Å². The third-order valence-electron chi connectivity index (χ3n) is 3.53. The first kappa shape index (κ1) is 11.5. The van der Waals surface area contributed by atoms with Crippen LogP contribution in [0.2, 0.25) is 0 Å². The summed E-state index contributed by atoms with van der Waals surface area (Å²) < 4.78 is 13.1. The molecule has 96 valence electrons. The molecule has 1 aromatic heterocycles. The molecule has 1 aliphatic heterocycles. The summed E-state index contributed by atoms with van der Waals surface area (Å²) in [6, 6.07) is 5.37. The highest BCUT2D eigenvalue weighted by Gasteiger charge is 2.21. The van der Waals surface area contributed by atoms with E-state index in [0.717, 1.165) is 36.4 Å². The maximum atomic E-state index is 13.1. The van der Waals surface area contributed by atoms with Crippen molar-refractivity contribution in [2.45, 2.75) is 31.8 Å². The van der Waals surface area contributed by atoms with Crippen molar-refractivity contribution in [3.8, 4) is 0 Å². The van der Waals surface area contributed by atoms with E-state index in [1.54, 1.807) is 6.07 Å². The summed E-state index contributed by atoms with van der Waals surface area (Å²) in [7, 11) is 0. The number of anilines is 1. The second kappa shape index (κ2) is 4.57. The first-order valence-corrected chi connectivity index (χ1v) is 6.37. The van der Waals surface area contributed by atoms with Gasteiger partial charge < -0.3 is 15.6 Å². The Morgan fingerprint density at radius 2 is 2.33 bits per heavy atom. The van der Waals surface area contributed by atoms with Crippen LogP contribution < -0.4 is 10.6 Å². The minimum Gasteiger partial charge on any atom is -0.352 e. The number of hydrogen-bond donors (Lipinski definition) is 3. The Morgan fingerprint density at radius 3 is 3.17 bits per heavy atom. The van der Waals surface area contributed by atoms with Crippen LogP contribution in [-0.2, 0) is 0 Å². The van der Waals surface area contributed by atoms with Gasteiger partial charge in [0.1, 0.15) is 5.82 Å². The highest BCUT2D eigenvalue weighted by Crippen LogP contribution is 2.18. The third kappa shape index (κ3) is 2.18. The van der Waals surface area contributed by atoms with Gasteiger partial charge in [-0.2, -0.15) is 0 Å². The molecule has 4 nitrogen and oxygen atoms in total. The van der Waals surface area contributed by atoms with Crippen molar-refractivity contribution in [1.29, 1.82) is 0 Å². The lowest BCUT2D eigenvalue weighted by atomic mass is 10.0. The molecule has 0 saturated carbocycles. The van der Waals surface area contributed by atoms with Crippen LogP contribution in [0.3, 0.4) is 0 Å². The highest BCUT2D eigenvalue weighted by molar-refractivity contribution is 5.77. The Hall–Kier alpha value is -1.62. The number of aromatic nitrogens is 2. The summed E-state index contributed by atoms with van der Waals surface area (Å²) in [5.41, 5.74) is 1.52. The van der Waals surface area contributed by atoms with Gasteiger partial charge in [-0.25, -0.2) is 9.37 Å². The number of benzene rings is 1. The summed E-state index contributed by atoms with van der Waals surface area (Å²) in [5, 5.41) is 6.82. The number of fused-ring (bicyclic) bond motifs is 1. The lowest BCUT2D eigenvalue weighted by Gasteiger charge is -2.30. The molecule has 3 rings (SSSR count). The van der Waals surface area contributed by atoms with Crippen LogP contribution in [0.1, 0.15) is 19.8 Å². The molecular weight excluding hydrogens is 231 g/mol. The molecule has 2 unspecified atom stereocenters. The average molecular weight is 248 g/mol. The zero-order chi connectivity index (χ0) is 12.5. The zero-order valence-corrected chi connectivity index (χ0v) is 10.3. The number of halogens is 1. The van der Waals surface area contributed by atoms with Crippen molar-refractivity contribution >= 4 is 17.0 Å². The molecule has 1 fully saturated rings. The van der Waals surface area contributed by atoms with Gasteiger partial charge in [-0.3, -0.25) is 0 Å². The van der Waals surface area contributed by atoms with Crippen LogP contribution in [-0.4, -0.2) is 28.6 Å².